The minimum absolute atomic E-state index is 0.0411. The van der Waals surface area contributed by atoms with Crippen LogP contribution in [0.3, 0.4) is 0 Å². The van der Waals surface area contributed by atoms with Crippen LogP contribution in [0.4, 0.5) is 0 Å². The predicted octanol–water partition coefficient (Wildman–Crippen LogP) is 3.09. The number of carboxylic acids is 1. The molecule has 0 saturated heterocycles. The van der Waals surface area contributed by atoms with E-state index in [-0.39, 0.29) is 18.2 Å². The molecule has 2 N–H and O–H groups in total. The number of halogens is 1. The highest BCUT2D eigenvalue weighted by atomic mass is 35.5. The van der Waals surface area contributed by atoms with Gasteiger partial charge in [-0.2, -0.15) is 0 Å². The second kappa shape index (κ2) is 6.75. The Labute approximate surface area is 124 Å². The molecule has 4 nitrogen and oxygen atoms in total. The highest BCUT2D eigenvalue weighted by molar-refractivity contribution is 6.30. The molecule has 5 heteroatoms. The largest absolute Gasteiger partial charge is 0.481 e. The molecular formula is C15H20ClNO3. The van der Waals surface area contributed by atoms with Crippen LogP contribution in [-0.2, 0) is 16.1 Å². The van der Waals surface area contributed by atoms with E-state index in [1.54, 1.807) is 39.0 Å². The van der Waals surface area contributed by atoms with Crippen molar-refractivity contribution in [2.45, 2.75) is 33.7 Å². The first-order valence-corrected chi connectivity index (χ1v) is 6.88. The average molecular weight is 298 g/mol. The van der Waals surface area contributed by atoms with E-state index in [0.717, 1.165) is 5.56 Å². The van der Waals surface area contributed by atoms with E-state index in [0.29, 0.717) is 11.6 Å². The van der Waals surface area contributed by atoms with Gasteiger partial charge in [-0.1, -0.05) is 37.6 Å². The van der Waals surface area contributed by atoms with Crippen molar-refractivity contribution in [3.8, 4) is 0 Å². The Bertz CT molecular complexity index is 502. The van der Waals surface area contributed by atoms with Gasteiger partial charge in [-0.3, -0.25) is 9.59 Å². The van der Waals surface area contributed by atoms with Crippen molar-refractivity contribution in [2.24, 2.45) is 11.3 Å². The fourth-order valence-electron chi connectivity index (χ4n) is 1.77. The summed E-state index contributed by atoms with van der Waals surface area (Å²) in [5.41, 5.74) is -0.175. The molecule has 1 aromatic rings. The standard InChI is InChI=1S/C15H20ClNO3/c1-10(2)15(3,14(19)20)8-13(18)17-9-11-5-4-6-12(16)7-11/h4-7,10H,8-9H2,1-3H3,(H,17,18)(H,19,20). The number of rotatable bonds is 6. The van der Waals surface area contributed by atoms with Crippen LogP contribution >= 0.6 is 11.6 Å². The summed E-state index contributed by atoms with van der Waals surface area (Å²) in [6.45, 7) is 5.54. The van der Waals surface area contributed by atoms with Gasteiger partial charge in [-0.15, -0.1) is 0 Å². The van der Waals surface area contributed by atoms with Gasteiger partial charge in [-0.05, 0) is 30.5 Å². The van der Waals surface area contributed by atoms with Gasteiger partial charge in [-0.25, -0.2) is 0 Å². The number of carboxylic acid groups (broad SMARTS) is 1. The topological polar surface area (TPSA) is 66.4 Å². The van der Waals surface area contributed by atoms with Crippen LogP contribution in [0.25, 0.3) is 0 Å². The zero-order valence-corrected chi connectivity index (χ0v) is 12.7. The van der Waals surface area contributed by atoms with Crippen LogP contribution in [0.15, 0.2) is 24.3 Å². The molecule has 0 aliphatic carbocycles. The number of hydrogen-bond donors (Lipinski definition) is 2. The third kappa shape index (κ3) is 4.23. The number of hydrogen-bond acceptors (Lipinski definition) is 2. The molecule has 0 bridgehead atoms. The van der Waals surface area contributed by atoms with Gasteiger partial charge in [0, 0.05) is 18.0 Å². The second-order valence-electron chi connectivity index (χ2n) is 5.46. The van der Waals surface area contributed by atoms with Gasteiger partial charge in [0.1, 0.15) is 0 Å². The highest BCUT2D eigenvalue weighted by Gasteiger charge is 2.38. The molecule has 0 aliphatic heterocycles. The highest BCUT2D eigenvalue weighted by Crippen LogP contribution is 2.31. The number of nitrogens with one attached hydrogen (secondary N) is 1. The molecule has 1 aromatic carbocycles. The quantitative estimate of drug-likeness (QED) is 0.848. The molecule has 1 atom stereocenters. The lowest BCUT2D eigenvalue weighted by atomic mass is 9.76. The number of amides is 1. The third-order valence-corrected chi connectivity index (χ3v) is 3.90. The predicted molar refractivity (Wildman–Crippen MR) is 78.5 cm³/mol. The van der Waals surface area contributed by atoms with Gasteiger partial charge < -0.3 is 10.4 Å². The summed E-state index contributed by atoms with van der Waals surface area (Å²) in [5.74, 6) is -1.36. The maximum atomic E-state index is 11.9. The van der Waals surface area contributed by atoms with E-state index in [2.05, 4.69) is 5.32 Å². The van der Waals surface area contributed by atoms with Gasteiger partial charge in [0.25, 0.3) is 0 Å². The molecule has 1 amide bonds. The Morgan fingerprint density at radius 3 is 2.55 bits per heavy atom. The van der Waals surface area contributed by atoms with Crippen LogP contribution in [0.1, 0.15) is 32.8 Å². The third-order valence-electron chi connectivity index (χ3n) is 3.67. The summed E-state index contributed by atoms with van der Waals surface area (Å²) in [7, 11) is 0. The Morgan fingerprint density at radius 1 is 1.40 bits per heavy atom. The number of carbonyl (C=O) groups excluding carboxylic acids is 1. The van der Waals surface area contributed by atoms with Crippen molar-refractivity contribution in [2.75, 3.05) is 0 Å². The smallest absolute Gasteiger partial charge is 0.310 e. The van der Waals surface area contributed by atoms with Crippen LogP contribution in [0.2, 0.25) is 5.02 Å². The van der Waals surface area contributed by atoms with Crippen molar-refractivity contribution < 1.29 is 14.7 Å². The van der Waals surface area contributed by atoms with Crippen molar-refractivity contribution in [3.05, 3.63) is 34.9 Å². The molecular weight excluding hydrogens is 278 g/mol. The van der Waals surface area contributed by atoms with Crippen molar-refractivity contribution >= 4 is 23.5 Å². The SMILES string of the molecule is CC(C)C(C)(CC(=O)NCc1cccc(Cl)c1)C(=O)O. The fraction of sp³-hybridized carbons (Fsp3) is 0.467. The zero-order chi connectivity index (χ0) is 15.3. The second-order valence-corrected chi connectivity index (χ2v) is 5.90. The molecule has 0 spiro atoms. The fourth-order valence-corrected chi connectivity index (χ4v) is 1.98. The molecule has 0 aromatic heterocycles. The summed E-state index contributed by atoms with van der Waals surface area (Å²) >= 11 is 5.86. The van der Waals surface area contributed by atoms with E-state index in [9.17, 15) is 14.7 Å². The van der Waals surface area contributed by atoms with Gasteiger partial charge in [0.15, 0.2) is 0 Å². The summed E-state index contributed by atoms with van der Waals surface area (Å²) in [6.07, 6.45) is -0.0411. The lowest BCUT2D eigenvalue weighted by molar-refractivity contribution is -0.153. The molecule has 110 valence electrons. The Kier molecular flexibility index (Phi) is 5.57. The first kappa shape index (κ1) is 16.5. The molecule has 1 unspecified atom stereocenters. The average Bonchev–Trinajstić information content (AvgIpc) is 2.36. The maximum absolute atomic E-state index is 11.9. The van der Waals surface area contributed by atoms with Crippen LogP contribution in [-0.4, -0.2) is 17.0 Å². The number of carbonyl (C=O) groups is 2. The van der Waals surface area contributed by atoms with Crippen LogP contribution < -0.4 is 5.32 Å². The number of benzene rings is 1. The van der Waals surface area contributed by atoms with E-state index in [1.165, 1.54) is 0 Å². The molecule has 0 radical (unpaired) electrons. The summed E-state index contributed by atoms with van der Waals surface area (Å²) in [5, 5.41) is 12.6. The monoisotopic (exact) mass is 297 g/mol. The summed E-state index contributed by atoms with van der Waals surface area (Å²) in [4.78, 5) is 23.2. The first-order chi connectivity index (χ1) is 9.25. The molecule has 0 heterocycles. The van der Waals surface area contributed by atoms with Gasteiger partial charge in [0.05, 0.1) is 5.41 Å². The van der Waals surface area contributed by atoms with E-state index in [1.807, 2.05) is 6.07 Å². The van der Waals surface area contributed by atoms with Crippen molar-refractivity contribution in [1.82, 2.24) is 5.32 Å². The molecule has 0 fully saturated rings. The summed E-state index contributed by atoms with van der Waals surface area (Å²) in [6, 6.07) is 7.18. The zero-order valence-electron chi connectivity index (χ0n) is 11.9. The lowest BCUT2D eigenvalue weighted by Gasteiger charge is -2.28. The molecule has 1 rings (SSSR count). The minimum Gasteiger partial charge on any atom is -0.481 e. The lowest BCUT2D eigenvalue weighted by Crippen LogP contribution is -2.39. The maximum Gasteiger partial charge on any atom is 0.310 e. The normalized spacial score (nSPS) is 13.8. The first-order valence-electron chi connectivity index (χ1n) is 6.50. The van der Waals surface area contributed by atoms with Crippen LogP contribution in [0.5, 0.6) is 0 Å². The van der Waals surface area contributed by atoms with Crippen molar-refractivity contribution in [3.63, 3.8) is 0 Å². The Balaban J connectivity index is 2.61. The number of aliphatic carboxylic acids is 1. The molecule has 0 saturated carbocycles. The van der Waals surface area contributed by atoms with Crippen LogP contribution in [0, 0.1) is 11.3 Å². The summed E-state index contributed by atoms with van der Waals surface area (Å²) < 4.78 is 0. The van der Waals surface area contributed by atoms with E-state index < -0.39 is 11.4 Å². The van der Waals surface area contributed by atoms with E-state index in [4.69, 9.17) is 11.6 Å². The van der Waals surface area contributed by atoms with E-state index >= 15 is 0 Å². The van der Waals surface area contributed by atoms with Gasteiger partial charge >= 0.3 is 5.97 Å². The molecule has 20 heavy (non-hydrogen) atoms. The van der Waals surface area contributed by atoms with Crippen molar-refractivity contribution in [1.29, 1.82) is 0 Å². The minimum atomic E-state index is -1.06. The molecule has 0 aliphatic rings. The van der Waals surface area contributed by atoms with Gasteiger partial charge in [0.2, 0.25) is 5.91 Å². The Morgan fingerprint density at radius 2 is 2.05 bits per heavy atom. The Hall–Kier alpha value is -1.55.